The van der Waals surface area contributed by atoms with Gasteiger partial charge in [-0.3, -0.25) is 0 Å². The van der Waals surface area contributed by atoms with Crippen LogP contribution in [0.4, 0.5) is 0 Å². The SMILES string of the molecule is CC(C)(C=N)N=NC(C)(C)C=N. The fourth-order valence-corrected chi connectivity index (χ4v) is 0.315. The molecule has 2 N–H and O–H groups in total. The zero-order chi connectivity index (χ0) is 9.83. The van der Waals surface area contributed by atoms with E-state index in [1.54, 1.807) is 27.7 Å². The van der Waals surface area contributed by atoms with E-state index < -0.39 is 11.1 Å². The first-order valence-electron chi connectivity index (χ1n) is 3.80. The Morgan fingerprint density at radius 1 is 0.833 bits per heavy atom. The van der Waals surface area contributed by atoms with Gasteiger partial charge in [-0.25, -0.2) is 0 Å². The van der Waals surface area contributed by atoms with E-state index in [9.17, 15) is 0 Å². The van der Waals surface area contributed by atoms with Gasteiger partial charge in [-0.2, -0.15) is 10.2 Å². The summed E-state index contributed by atoms with van der Waals surface area (Å²) in [7, 11) is 0. The lowest BCUT2D eigenvalue weighted by atomic mass is 10.1. The van der Waals surface area contributed by atoms with Crippen molar-refractivity contribution in [1.29, 1.82) is 10.8 Å². The molecule has 68 valence electrons. The van der Waals surface area contributed by atoms with Crippen LogP contribution < -0.4 is 0 Å². The van der Waals surface area contributed by atoms with Crippen molar-refractivity contribution in [1.82, 2.24) is 0 Å². The Morgan fingerprint density at radius 3 is 1.25 bits per heavy atom. The van der Waals surface area contributed by atoms with E-state index in [-0.39, 0.29) is 0 Å². The van der Waals surface area contributed by atoms with Gasteiger partial charge in [0.15, 0.2) is 0 Å². The molecule has 0 aliphatic heterocycles. The van der Waals surface area contributed by atoms with Gasteiger partial charge in [0.05, 0.1) is 0 Å². The van der Waals surface area contributed by atoms with Crippen LogP contribution in [0.5, 0.6) is 0 Å². The Kier molecular flexibility index (Phi) is 3.24. The molecule has 12 heavy (non-hydrogen) atoms. The molecule has 0 rings (SSSR count). The lowest BCUT2D eigenvalue weighted by Crippen LogP contribution is -2.22. The van der Waals surface area contributed by atoms with Crippen LogP contribution in [-0.2, 0) is 0 Å². The fourth-order valence-electron chi connectivity index (χ4n) is 0.315. The van der Waals surface area contributed by atoms with E-state index >= 15 is 0 Å². The van der Waals surface area contributed by atoms with Gasteiger partial charge in [0.25, 0.3) is 0 Å². The van der Waals surface area contributed by atoms with Crippen molar-refractivity contribution < 1.29 is 0 Å². The maximum atomic E-state index is 7.03. The maximum Gasteiger partial charge on any atom is 0.110 e. The molecule has 0 aromatic rings. The molecule has 0 aliphatic rings. The molecule has 0 atom stereocenters. The highest BCUT2D eigenvalue weighted by Crippen LogP contribution is 2.11. The lowest BCUT2D eigenvalue weighted by molar-refractivity contribution is 0.575. The van der Waals surface area contributed by atoms with Gasteiger partial charge >= 0.3 is 0 Å². The Balaban J connectivity index is 4.43. The number of hydrogen-bond donors (Lipinski definition) is 2. The third kappa shape index (κ3) is 3.95. The topological polar surface area (TPSA) is 72.4 Å². The van der Waals surface area contributed by atoms with Gasteiger partial charge in [-0.1, -0.05) is 0 Å². The summed E-state index contributed by atoms with van der Waals surface area (Å²) in [5, 5.41) is 22.0. The molecule has 4 heteroatoms. The van der Waals surface area contributed by atoms with Crippen LogP contribution in [0.2, 0.25) is 0 Å². The highest BCUT2D eigenvalue weighted by atomic mass is 15.2. The Hall–Kier alpha value is -1.06. The molecule has 0 bridgehead atoms. The molecule has 0 unspecified atom stereocenters. The number of rotatable bonds is 4. The van der Waals surface area contributed by atoms with E-state index in [4.69, 9.17) is 10.8 Å². The van der Waals surface area contributed by atoms with E-state index in [1.807, 2.05) is 0 Å². The summed E-state index contributed by atoms with van der Waals surface area (Å²) in [5.74, 6) is 0. The molecule has 0 heterocycles. The molecule has 0 amide bonds. The van der Waals surface area contributed by atoms with Crippen LogP contribution in [0.3, 0.4) is 0 Å². The van der Waals surface area contributed by atoms with Crippen molar-refractivity contribution in [2.45, 2.75) is 38.8 Å². The predicted octanol–water partition coefficient (Wildman–Crippen LogP) is 2.29. The number of nitrogens with zero attached hydrogens (tertiary/aromatic N) is 2. The molecule has 0 fully saturated rings. The lowest BCUT2D eigenvalue weighted by Gasteiger charge is -2.15. The standard InChI is InChI=1S/C8H16N4/c1-7(2,5-9)11-12-8(3,4)6-10/h5-6,9-10H,1-4H3. The molecule has 0 aromatic heterocycles. The largest absolute Gasteiger partial charge is 0.311 e. The average molecular weight is 168 g/mol. The van der Waals surface area contributed by atoms with Crippen LogP contribution >= 0.6 is 0 Å². The second kappa shape index (κ2) is 3.56. The first-order valence-corrected chi connectivity index (χ1v) is 3.80. The van der Waals surface area contributed by atoms with Crippen LogP contribution in [0.1, 0.15) is 27.7 Å². The summed E-state index contributed by atoms with van der Waals surface area (Å²) >= 11 is 0. The molecule has 0 spiro atoms. The van der Waals surface area contributed by atoms with Crippen LogP contribution in [0.15, 0.2) is 10.2 Å². The van der Waals surface area contributed by atoms with Crippen molar-refractivity contribution in [3.05, 3.63) is 0 Å². The first kappa shape index (κ1) is 10.9. The van der Waals surface area contributed by atoms with Crippen LogP contribution in [0.25, 0.3) is 0 Å². The van der Waals surface area contributed by atoms with Gasteiger partial charge in [-0.05, 0) is 27.7 Å². The predicted molar refractivity (Wildman–Crippen MR) is 50.6 cm³/mol. The summed E-state index contributed by atoms with van der Waals surface area (Å²) in [6.07, 6.45) is 2.47. The number of hydrogen-bond acceptors (Lipinski definition) is 4. The van der Waals surface area contributed by atoms with E-state index in [1.165, 1.54) is 12.4 Å². The molecule has 0 aromatic carbocycles. The summed E-state index contributed by atoms with van der Waals surface area (Å²) < 4.78 is 0. The van der Waals surface area contributed by atoms with Gasteiger partial charge in [0.1, 0.15) is 11.1 Å². The summed E-state index contributed by atoms with van der Waals surface area (Å²) in [6, 6.07) is 0. The molecular weight excluding hydrogens is 152 g/mol. The second-order valence-electron chi connectivity index (χ2n) is 3.80. The molecule has 0 radical (unpaired) electrons. The van der Waals surface area contributed by atoms with Crippen LogP contribution in [-0.4, -0.2) is 23.5 Å². The van der Waals surface area contributed by atoms with Crippen LogP contribution in [0, 0.1) is 10.8 Å². The van der Waals surface area contributed by atoms with Crippen molar-refractivity contribution in [3.8, 4) is 0 Å². The zero-order valence-electron chi connectivity index (χ0n) is 8.05. The number of azo groups is 1. The van der Waals surface area contributed by atoms with Crippen molar-refractivity contribution in [3.63, 3.8) is 0 Å². The third-order valence-electron chi connectivity index (χ3n) is 1.27. The summed E-state index contributed by atoms with van der Waals surface area (Å²) in [4.78, 5) is 0. The van der Waals surface area contributed by atoms with Gasteiger partial charge < -0.3 is 10.8 Å². The Bertz CT molecular complexity index is 181. The van der Waals surface area contributed by atoms with Crippen molar-refractivity contribution in [2.24, 2.45) is 10.2 Å². The monoisotopic (exact) mass is 168 g/mol. The first-order chi connectivity index (χ1) is 5.33. The summed E-state index contributed by atoms with van der Waals surface area (Å²) in [5.41, 5.74) is -1.11. The minimum Gasteiger partial charge on any atom is -0.311 e. The van der Waals surface area contributed by atoms with Gasteiger partial charge in [-0.15, -0.1) is 0 Å². The fraction of sp³-hybridized carbons (Fsp3) is 0.750. The molecule has 0 aliphatic carbocycles. The van der Waals surface area contributed by atoms with E-state index in [0.717, 1.165) is 0 Å². The smallest absolute Gasteiger partial charge is 0.110 e. The molecule has 0 saturated heterocycles. The van der Waals surface area contributed by atoms with Gasteiger partial charge in [0, 0.05) is 12.4 Å². The number of nitrogens with one attached hydrogen (secondary N) is 2. The quantitative estimate of drug-likeness (QED) is 0.477. The highest BCUT2D eigenvalue weighted by molar-refractivity contribution is 5.67. The Morgan fingerprint density at radius 2 is 1.08 bits per heavy atom. The minimum absolute atomic E-state index is 0.555. The highest BCUT2D eigenvalue weighted by Gasteiger charge is 2.16. The summed E-state index contributed by atoms with van der Waals surface area (Å²) in [6.45, 7) is 7.18. The van der Waals surface area contributed by atoms with Crippen molar-refractivity contribution >= 4 is 12.4 Å². The third-order valence-corrected chi connectivity index (χ3v) is 1.27. The second-order valence-corrected chi connectivity index (χ2v) is 3.80. The average Bonchev–Trinajstić information content (AvgIpc) is 2.02. The molecule has 0 saturated carbocycles. The maximum absolute atomic E-state index is 7.03. The molecule has 4 nitrogen and oxygen atoms in total. The minimum atomic E-state index is -0.555. The Labute approximate surface area is 73.1 Å². The van der Waals surface area contributed by atoms with Gasteiger partial charge in [0.2, 0.25) is 0 Å². The van der Waals surface area contributed by atoms with E-state index in [0.29, 0.717) is 0 Å². The van der Waals surface area contributed by atoms with Crippen molar-refractivity contribution in [2.75, 3.05) is 0 Å². The normalized spacial score (nSPS) is 13.3. The zero-order valence-corrected chi connectivity index (χ0v) is 8.05. The van der Waals surface area contributed by atoms with E-state index in [2.05, 4.69) is 10.2 Å². The molecular formula is C8H16N4.